The van der Waals surface area contributed by atoms with E-state index < -0.39 is 0 Å². The summed E-state index contributed by atoms with van der Waals surface area (Å²) in [5.74, 6) is 0.597. The van der Waals surface area contributed by atoms with E-state index in [1.165, 1.54) is 0 Å². The zero-order valence-electron chi connectivity index (χ0n) is 8.17. The molecule has 0 fully saturated rings. The number of rotatable bonds is 4. The molecule has 0 aliphatic rings. The predicted molar refractivity (Wildman–Crippen MR) is 70.6 cm³/mol. The topological polar surface area (TPSA) is 35.2 Å². The number of nitrogens with two attached hydrogens (primary N) is 1. The summed E-state index contributed by atoms with van der Waals surface area (Å²) in [7, 11) is 0. The SMILES string of the molecule is CCC(Oc1ccc(Br)cc1Cl)C(N)=S. The van der Waals surface area contributed by atoms with E-state index in [-0.39, 0.29) is 6.10 Å². The number of halogens is 2. The van der Waals surface area contributed by atoms with Gasteiger partial charge in [0.15, 0.2) is 0 Å². The Morgan fingerprint density at radius 1 is 1.67 bits per heavy atom. The van der Waals surface area contributed by atoms with Crippen molar-refractivity contribution in [3.05, 3.63) is 27.7 Å². The predicted octanol–water partition coefficient (Wildman–Crippen LogP) is 3.55. The summed E-state index contributed by atoms with van der Waals surface area (Å²) in [6.07, 6.45) is 0.459. The lowest BCUT2D eigenvalue weighted by Crippen LogP contribution is -2.31. The van der Waals surface area contributed by atoms with Gasteiger partial charge in [-0.1, -0.05) is 46.7 Å². The van der Waals surface area contributed by atoms with Crippen LogP contribution in [0.4, 0.5) is 0 Å². The molecule has 0 heterocycles. The smallest absolute Gasteiger partial charge is 0.148 e. The van der Waals surface area contributed by atoms with Crippen molar-refractivity contribution in [3.63, 3.8) is 0 Å². The second-order valence-corrected chi connectivity index (χ2v) is 4.79. The minimum Gasteiger partial charge on any atom is -0.482 e. The Morgan fingerprint density at radius 3 is 2.80 bits per heavy atom. The highest BCUT2D eigenvalue weighted by atomic mass is 79.9. The molecule has 1 atom stereocenters. The first-order valence-corrected chi connectivity index (χ1v) is 6.03. The Labute approximate surface area is 108 Å². The lowest BCUT2D eigenvalue weighted by Gasteiger charge is -2.16. The van der Waals surface area contributed by atoms with Crippen LogP contribution in [0, 0.1) is 0 Å². The van der Waals surface area contributed by atoms with Crippen molar-refractivity contribution in [3.8, 4) is 5.75 Å². The molecule has 5 heteroatoms. The van der Waals surface area contributed by atoms with Gasteiger partial charge in [0.2, 0.25) is 0 Å². The second-order valence-electron chi connectivity index (χ2n) is 2.99. The molecule has 0 radical (unpaired) electrons. The Morgan fingerprint density at radius 2 is 2.33 bits per heavy atom. The van der Waals surface area contributed by atoms with Crippen molar-refractivity contribution in [2.75, 3.05) is 0 Å². The normalized spacial score (nSPS) is 12.2. The van der Waals surface area contributed by atoms with Gasteiger partial charge in [-0.2, -0.15) is 0 Å². The summed E-state index contributed by atoms with van der Waals surface area (Å²) in [6.45, 7) is 1.95. The van der Waals surface area contributed by atoms with Crippen molar-refractivity contribution in [1.29, 1.82) is 0 Å². The van der Waals surface area contributed by atoms with E-state index in [0.29, 0.717) is 15.8 Å². The van der Waals surface area contributed by atoms with Gasteiger partial charge in [-0.05, 0) is 24.6 Å². The monoisotopic (exact) mass is 307 g/mol. The van der Waals surface area contributed by atoms with Crippen LogP contribution in [0.15, 0.2) is 22.7 Å². The zero-order chi connectivity index (χ0) is 11.4. The van der Waals surface area contributed by atoms with Crippen LogP contribution in [-0.2, 0) is 0 Å². The Kier molecular flexibility index (Phi) is 4.83. The van der Waals surface area contributed by atoms with Crippen LogP contribution in [0.2, 0.25) is 5.02 Å². The number of hydrogen-bond donors (Lipinski definition) is 1. The average Bonchev–Trinajstić information content (AvgIpc) is 2.16. The first kappa shape index (κ1) is 12.7. The highest BCUT2D eigenvalue weighted by Crippen LogP contribution is 2.28. The molecule has 1 aromatic carbocycles. The standard InChI is InChI=1S/C10H11BrClNOS/c1-2-8(10(13)15)14-9-4-3-6(11)5-7(9)12/h3-5,8H,2H2,1H3,(H2,13,15). The molecular formula is C10H11BrClNOS. The maximum Gasteiger partial charge on any atom is 0.148 e. The van der Waals surface area contributed by atoms with Gasteiger partial charge in [-0.3, -0.25) is 0 Å². The third-order valence-electron chi connectivity index (χ3n) is 1.85. The first-order chi connectivity index (χ1) is 7.04. The molecule has 0 saturated carbocycles. The zero-order valence-corrected chi connectivity index (χ0v) is 11.3. The molecule has 0 aliphatic carbocycles. The fraction of sp³-hybridized carbons (Fsp3) is 0.300. The van der Waals surface area contributed by atoms with E-state index in [4.69, 9.17) is 34.3 Å². The molecular weight excluding hydrogens is 298 g/mol. The summed E-state index contributed by atoms with van der Waals surface area (Å²) in [5, 5.41) is 0.541. The second kappa shape index (κ2) is 5.68. The van der Waals surface area contributed by atoms with Gasteiger partial charge >= 0.3 is 0 Å². The van der Waals surface area contributed by atoms with Gasteiger partial charge in [0.05, 0.1) is 5.02 Å². The van der Waals surface area contributed by atoms with Gasteiger partial charge in [0.1, 0.15) is 16.8 Å². The average molecular weight is 309 g/mol. The molecule has 1 aromatic rings. The minimum absolute atomic E-state index is 0.265. The maximum absolute atomic E-state index is 6.00. The fourth-order valence-electron chi connectivity index (χ4n) is 1.07. The van der Waals surface area contributed by atoms with Gasteiger partial charge in [0, 0.05) is 4.47 Å². The van der Waals surface area contributed by atoms with Crippen LogP contribution < -0.4 is 10.5 Å². The third kappa shape index (κ3) is 3.63. The Balaban J connectivity index is 2.84. The maximum atomic E-state index is 6.00. The molecule has 2 nitrogen and oxygen atoms in total. The minimum atomic E-state index is -0.265. The summed E-state index contributed by atoms with van der Waals surface area (Å²) < 4.78 is 6.50. The van der Waals surface area contributed by atoms with Crippen LogP contribution in [0.5, 0.6) is 5.75 Å². The molecule has 0 aliphatic heterocycles. The van der Waals surface area contributed by atoms with Gasteiger partial charge in [0.25, 0.3) is 0 Å². The molecule has 0 bridgehead atoms. The van der Waals surface area contributed by atoms with E-state index in [1.807, 2.05) is 13.0 Å². The van der Waals surface area contributed by atoms with E-state index in [0.717, 1.165) is 10.9 Å². The summed E-state index contributed by atoms with van der Waals surface area (Å²) >= 11 is 14.2. The number of thiocarbonyl (C=S) groups is 1. The largest absolute Gasteiger partial charge is 0.482 e. The van der Waals surface area contributed by atoms with E-state index >= 15 is 0 Å². The molecule has 0 saturated heterocycles. The van der Waals surface area contributed by atoms with Crippen molar-refractivity contribution in [2.45, 2.75) is 19.4 Å². The van der Waals surface area contributed by atoms with E-state index in [2.05, 4.69) is 15.9 Å². The Bertz CT molecular complexity index is 372. The molecule has 0 aromatic heterocycles. The third-order valence-corrected chi connectivity index (χ3v) is 2.90. The van der Waals surface area contributed by atoms with Crippen molar-refractivity contribution in [2.24, 2.45) is 5.73 Å². The van der Waals surface area contributed by atoms with E-state index in [9.17, 15) is 0 Å². The summed E-state index contributed by atoms with van der Waals surface area (Å²) in [5.41, 5.74) is 5.53. The molecule has 0 spiro atoms. The van der Waals surface area contributed by atoms with Crippen LogP contribution in [-0.4, -0.2) is 11.1 Å². The fourth-order valence-corrected chi connectivity index (χ4v) is 2.00. The Hall–Kier alpha value is -0.320. The molecule has 2 N–H and O–H groups in total. The summed E-state index contributed by atoms with van der Waals surface area (Å²) in [4.78, 5) is 0.344. The number of hydrogen-bond acceptors (Lipinski definition) is 2. The van der Waals surface area contributed by atoms with Crippen molar-refractivity contribution in [1.82, 2.24) is 0 Å². The molecule has 15 heavy (non-hydrogen) atoms. The van der Waals surface area contributed by atoms with Crippen LogP contribution in [0.3, 0.4) is 0 Å². The molecule has 0 amide bonds. The van der Waals surface area contributed by atoms with Crippen molar-refractivity contribution < 1.29 is 4.74 Å². The van der Waals surface area contributed by atoms with Crippen LogP contribution >= 0.6 is 39.7 Å². The molecule has 1 rings (SSSR count). The van der Waals surface area contributed by atoms with E-state index in [1.54, 1.807) is 12.1 Å². The number of benzene rings is 1. The van der Waals surface area contributed by atoms with Gasteiger partial charge in [-0.15, -0.1) is 0 Å². The first-order valence-electron chi connectivity index (χ1n) is 4.45. The number of ether oxygens (including phenoxy) is 1. The molecule has 1 unspecified atom stereocenters. The van der Waals surface area contributed by atoms with Crippen LogP contribution in [0.1, 0.15) is 13.3 Å². The lowest BCUT2D eigenvalue weighted by atomic mass is 10.2. The lowest BCUT2D eigenvalue weighted by molar-refractivity contribution is 0.264. The van der Waals surface area contributed by atoms with Gasteiger partial charge < -0.3 is 10.5 Å². The highest BCUT2D eigenvalue weighted by molar-refractivity contribution is 9.10. The summed E-state index contributed by atoms with van der Waals surface area (Å²) in [6, 6.07) is 5.41. The quantitative estimate of drug-likeness (QED) is 0.864. The highest BCUT2D eigenvalue weighted by Gasteiger charge is 2.13. The van der Waals surface area contributed by atoms with Crippen LogP contribution in [0.25, 0.3) is 0 Å². The van der Waals surface area contributed by atoms with Crippen molar-refractivity contribution >= 4 is 44.7 Å². The molecule has 82 valence electrons. The van der Waals surface area contributed by atoms with Gasteiger partial charge in [-0.25, -0.2) is 0 Å².